The Kier molecular flexibility index (Phi) is 4.37. The van der Waals surface area contributed by atoms with Crippen LogP contribution in [-0.2, 0) is 6.54 Å². The predicted molar refractivity (Wildman–Crippen MR) is 82.5 cm³/mol. The number of hydrogen-bond donors (Lipinski definition) is 1. The zero-order valence-electron chi connectivity index (χ0n) is 11.9. The molecule has 1 aromatic carbocycles. The molecule has 1 saturated heterocycles. The highest BCUT2D eigenvalue weighted by molar-refractivity contribution is 9.10. The first-order valence-electron chi connectivity index (χ1n) is 7.11. The van der Waals surface area contributed by atoms with Crippen LogP contribution in [0.5, 0.6) is 0 Å². The summed E-state index contributed by atoms with van der Waals surface area (Å²) in [4.78, 5) is 2.24. The molecular weight excluding hydrogens is 334 g/mol. The van der Waals surface area contributed by atoms with E-state index in [4.69, 9.17) is 4.42 Å². The van der Waals surface area contributed by atoms with E-state index in [0.717, 1.165) is 29.5 Å². The number of piperidine rings is 1. The van der Waals surface area contributed by atoms with Crippen LogP contribution in [0.1, 0.15) is 19.2 Å². The van der Waals surface area contributed by atoms with Gasteiger partial charge >= 0.3 is 0 Å². The van der Waals surface area contributed by atoms with Crippen LogP contribution in [0.2, 0.25) is 0 Å². The van der Waals surface area contributed by atoms with Crippen molar-refractivity contribution in [1.82, 2.24) is 15.1 Å². The van der Waals surface area contributed by atoms with Crippen LogP contribution in [-0.4, -0.2) is 39.4 Å². The molecule has 1 N–H and O–H groups in total. The molecule has 1 aliphatic rings. The third-order valence-corrected chi connectivity index (χ3v) is 4.57. The van der Waals surface area contributed by atoms with Gasteiger partial charge in [-0.3, -0.25) is 4.90 Å². The van der Waals surface area contributed by atoms with Gasteiger partial charge in [0.2, 0.25) is 11.8 Å². The van der Waals surface area contributed by atoms with Crippen LogP contribution in [0.15, 0.2) is 33.2 Å². The first-order valence-corrected chi connectivity index (χ1v) is 7.90. The fourth-order valence-electron chi connectivity index (χ4n) is 2.62. The Bertz CT molecular complexity index is 616. The van der Waals surface area contributed by atoms with Gasteiger partial charge in [-0.2, -0.15) is 0 Å². The monoisotopic (exact) mass is 351 g/mol. The minimum Gasteiger partial charge on any atom is -0.419 e. The topological polar surface area (TPSA) is 62.4 Å². The Morgan fingerprint density at radius 1 is 1.38 bits per heavy atom. The molecule has 0 spiro atoms. The van der Waals surface area contributed by atoms with Crippen LogP contribution in [0.25, 0.3) is 11.5 Å². The molecule has 21 heavy (non-hydrogen) atoms. The molecule has 0 aliphatic carbocycles. The summed E-state index contributed by atoms with van der Waals surface area (Å²) in [6.45, 7) is 4.41. The number of aliphatic hydroxyl groups excluding tert-OH is 1. The van der Waals surface area contributed by atoms with Crippen LogP contribution < -0.4 is 0 Å². The molecule has 1 fully saturated rings. The Balaban J connectivity index is 1.70. The number of halogens is 1. The lowest BCUT2D eigenvalue weighted by molar-refractivity contribution is 0.0290. The molecule has 3 rings (SSSR count). The lowest BCUT2D eigenvalue weighted by Gasteiger charge is -2.33. The standard InChI is InChI=1S/C15H18BrN3O2/c1-10-8-19(7-6-13(10)20)9-14-17-18-15(21-14)11-4-2-3-5-12(11)16/h2-5,10,13,20H,6-9H2,1H3. The maximum atomic E-state index is 9.76. The summed E-state index contributed by atoms with van der Waals surface area (Å²) < 4.78 is 6.70. The number of nitrogens with zero attached hydrogens (tertiary/aromatic N) is 3. The summed E-state index contributed by atoms with van der Waals surface area (Å²) in [6.07, 6.45) is 0.603. The number of rotatable bonds is 3. The number of benzene rings is 1. The number of aliphatic hydroxyl groups is 1. The van der Waals surface area contributed by atoms with Gasteiger partial charge < -0.3 is 9.52 Å². The van der Waals surface area contributed by atoms with Gasteiger partial charge in [0.1, 0.15) is 0 Å². The third-order valence-electron chi connectivity index (χ3n) is 3.87. The summed E-state index contributed by atoms with van der Waals surface area (Å²) in [5.74, 6) is 1.43. The van der Waals surface area contributed by atoms with Gasteiger partial charge in [-0.25, -0.2) is 0 Å². The molecule has 0 bridgehead atoms. The van der Waals surface area contributed by atoms with E-state index < -0.39 is 0 Å². The van der Waals surface area contributed by atoms with Crippen LogP contribution in [0.3, 0.4) is 0 Å². The summed E-state index contributed by atoms with van der Waals surface area (Å²) in [6, 6.07) is 7.79. The minimum atomic E-state index is -0.195. The average molecular weight is 352 g/mol. The van der Waals surface area contributed by atoms with Gasteiger partial charge in [-0.1, -0.05) is 19.1 Å². The summed E-state index contributed by atoms with van der Waals surface area (Å²) in [5, 5.41) is 18.0. The molecule has 5 nitrogen and oxygen atoms in total. The Morgan fingerprint density at radius 2 is 2.19 bits per heavy atom. The van der Waals surface area contributed by atoms with Gasteiger partial charge in [0.25, 0.3) is 0 Å². The first-order chi connectivity index (χ1) is 10.1. The molecule has 2 unspecified atom stereocenters. The van der Waals surface area contributed by atoms with Crippen molar-refractivity contribution < 1.29 is 9.52 Å². The normalized spacial score (nSPS) is 23.4. The van der Waals surface area contributed by atoms with Crippen LogP contribution in [0, 0.1) is 5.92 Å². The fourth-order valence-corrected chi connectivity index (χ4v) is 3.07. The van der Waals surface area contributed by atoms with Crippen molar-refractivity contribution in [3.8, 4) is 11.5 Å². The number of hydrogen-bond acceptors (Lipinski definition) is 5. The number of likely N-dealkylation sites (tertiary alicyclic amines) is 1. The Morgan fingerprint density at radius 3 is 2.95 bits per heavy atom. The largest absolute Gasteiger partial charge is 0.419 e. The highest BCUT2D eigenvalue weighted by atomic mass is 79.9. The molecule has 2 heterocycles. The summed E-state index contributed by atoms with van der Waals surface area (Å²) in [5.41, 5.74) is 0.902. The average Bonchev–Trinajstić information content (AvgIpc) is 2.92. The van der Waals surface area contributed by atoms with E-state index in [0.29, 0.717) is 18.3 Å². The van der Waals surface area contributed by atoms with Gasteiger partial charge in [0.15, 0.2) is 0 Å². The van der Waals surface area contributed by atoms with E-state index in [2.05, 4.69) is 38.0 Å². The van der Waals surface area contributed by atoms with Crippen molar-refractivity contribution in [3.63, 3.8) is 0 Å². The number of aromatic nitrogens is 2. The van der Waals surface area contributed by atoms with Gasteiger partial charge in [-0.15, -0.1) is 10.2 Å². The maximum absolute atomic E-state index is 9.76. The molecule has 0 saturated carbocycles. The fraction of sp³-hybridized carbons (Fsp3) is 0.467. The second-order valence-corrected chi connectivity index (χ2v) is 6.40. The van der Waals surface area contributed by atoms with Crippen molar-refractivity contribution in [2.75, 3.05) is 13.1 Å². The SMILES string of the molecule is CC1CN(Cc2nnc(-c3ccccc3Br)o2)CCC1O. The molecule has 1 aromatic heterocycles. The van der Waals surface area contributed by atoms with E-state index in [9.17, 15) is 5.11 Å². The Labute approximate surface area is 132 Å². The lowest BCUT2D eigenvalue weighted by atomic mass is 9.97. The molecule has 6 heteroatoms. The molecule has 112 valence electrons. The van der Waals surface area contributed by atoms with Crippen molar-refractivity contribution >= 4 is 15.9 Å². The van der Waals surface area contributed by atoms with E-state index in [1.54, 1.807) is 0 Å². The van der Waals surface area contributed by atoms with Crippen molar-refractivity contribution in [2.24, 2.45) is 5.92 Å². The van der Waals surface area contributed by atoms with Gasteiger partial charge in [0, 0.05) is 17.6 Å². The second kappa shape index (κ2) is 6.25. The van der Waals surface area contributed by atoms with E-state index in [-0.39, 0.29) is 12.0 Å². The molecule has 2 atom stereocenters. The van der Waals surface area contributed by atoms with Crippen LogP contribution >= 0.6 is 15.9 Å². The molecular formula is C15H18BrN3O2. The predicted octanol–water partition coefficient (Wildman–Crippen LogP) is 2.70. The van der Waals surface area contributed by atoms with E-state index in [1.807, 2.05) is 24.3 Å². The molecule has 2 aromatic rings. The maximum Gasteiger partial charge on any atom is 0.248 e. The molecule has 0 amide bonds. The zero-order chi connectivity index (χ0) is 14.8. The van der Waals surface area contributed by atoms with Crippen molar-refractivity contribution in [3.05, 3.63) is 34.6 Å². The zero-order valence-corrected chi connectivity index (χ0v) is 13.5. The second-order valence-electron chi connectivity index (χ2n) is 5.55. The van der Waals surface area contributed by atoms with Gasteiger partial charge in [0.05, 0.1) is 18.2 Å². The molecule has 0 radical (unpaired) electrons. The Hall–Kier alpha value is -1.24. The van der Waals surface area contributed by atoms with Crippen LogP contribution in [0.4, 0.5) is 0 Å². The highest BCUT2D eigenvalue weighted by Crippen LogP contribution is 2.27. The summed E-state index contributed by atoms with van der Waals surface area (Å²) >= 11 is 3.49. The first kappa shape index (κ1) is 14.7. The third kappa shape index (κ3) is 3.33. The van der Waals surface area contributed by atoms with Crippen molar-refractivity contribution in [2.45, 2.75) is 26.0 Å². The smallest absolute Gasteiger partial charge is 0.248 e. The quantitative estimate of drug-likeness (QED) is 0.920. The van der Waals surface area contributed by atoms with Crippen molar-refractivity contribution in [1.29, 1.82) is 0 Å². The highest BCUT2D eigenvalue weighted by Gasteiger charge is 2.25. The van der Waals surface area contributed by atoms with E-state index in [1.165, 1.54) is 0 Å². The van der Waals surface area contributed by atoms with Gasteiger partial charge in [-0.05, 0) is 40.4 Å². The minimum absolute atomic E-state index is 0.195. The molecule has 1 aliphatic heterocycles. The summed E-state index contributed by atoms with van der Waals surface area (Å²) in [7, 11) is 0. The lowest BCUT2D eigenvalue weighted by Crippen LogP contribution is -2.41. The van der Waals surface area contributed by atoms with E-state index >= 15 is 0 Å².